The Morgan fingerprint density at radius 2 is 2.04 bits per heavy atom. The number of halogens is 1. The van der Waals surface area contributed by atoms with Gasteiger partial charge >= 0.3 is 6.03 Å². The number of amides is 3. The van der Waals surface area contributed by atoms with Crippen molar-refractivity contribution in [3.8, 4) is 0 Å². The molecule has 130 valence electrons. The van der Waals surface area contributed by atoms with Crippen molar-refractivity contribution in [2.75, 3.05) is 26.8 Å². The molecule has 24 heavy (non-hydrogen) atoms. The maximum atomic E-state index is 12.5. The number of hydrogen-bond donors (Lipinski definition) is 2. The van der Waals surface area contributed by atoms with E-state index in [1.807, 2.05) is 24.3 Å². The first-order valence-electron chi connectivity index (χ1n) is 8.21. The van der Waals surface area contributed by atoms with E-state index in [2.05, 4.69) is 10.6 Å². The van der Waals surface area contributed by atoms with Crippen molar-refractivity contribution >= 4 is 23.5 Å². The fourth-order valence-electron chi connectivity index (χ4n) is 3.63. The van der Waals surface area contributed by atoms with E-state index < -0.39 is 0 Å². The molecule has 7 heteroatoms. The van der Waals surface area contributed by atoms with Crippen LogP contribution in [0.1, 0.15) is 24.3 Å². The summed E-state index contributed by atoms with van der Waals surface area (Å²) in [6.45, 7) is 1.89. The number of nitrogens with zero attached hydrogens (tertiary/aromatic N) is 1. The maximum absolute atomic E-state index is 12.5. The summed E-state index contributed by atoms with van der Waals surface area (Å²) in [5.74, 6) is -0.452. The van der Waals surface area contributed by atoms with Gasteiger partial charge < -0.3 is 9.64 Å². The number of benzene rings is 1. The van der Waals surface area contributed by atoms with Gasteiger partial charge in [0.05, 0.1) is 12.1 Å². The van der Waals surface area contributed by atoms with Crippen LogP contribution in [0.5, 0.6) is 0 Å². The molecule has 3 amide bonds. The number of carbonyl (C=O) groups excluding carboxylic acids is 2. The number of nitrogens with one attached hydrogen (secondary N) is 2. The summed E-state index contributed by atoms with van der Waals surface area (Å²) in [5.41, 5.74) is 1.08. The van der Waals surface area contributed by atoms with E-state index in [1.165, 1.54) is 0 Å². The summed E-state index contributed by atoms with van der Waals surface area (Å²) in [7, 11) is 1.64. The minimum Gasteiger partial charge on any atom is -0.385 e. The highest BCUT2D eigenvalue weighted by Crippen LogP contribution is 2.36. The molecule has 0 radical (unpaired) electrons. The molecule has 0 spiro atoms. The van der Waals surface area contributed by atoms with E-state index in [4.69, 9.17) is 16.3 Å². The number of urea groups is 1. The largest absolute Gasteiger partial charge is 0.385 e. The number of methoxy groups -OCH3 is 1. The van der Waals surface area contributed by atoms with Crippen molar-refractivity contribution in [1.29, 1.82) is 0 Å². The molecule has 0 aromatic heterocycles. The third-order valence-corrected chi connectivity index (χ3v) is 5.01. The standard InChI is InChI=1S/C17H22ClN3O3/c1-24-10-2-9-21-15-14(16(22)20-17(21)23)13(7-8-19-15)11-3-5-12(18)6-4-11/h3-6,13-15,19H,2,7-10H2,1H3,(H,20,22,23). The Balaban J connectivity index is 1.83. The third kappa shape index (κ3) is 3.41. The lowest BCUT2D eigenvalue weighted by molar-refractivity contribution is -0.131. The normalized spacial score (nSPS) is 26.9. The minimum atomic E-state index is -0.332. The number of carbonyl (C=O) groups is 2. The van der Waals surface area contributed by atoms with Crippen molar-refractivity contribution in [2.24, 2.45) is 5.92 Å². The second-order valence-electron chi connectivity index (χ2n) is 6.21. The van der Waals surface area contributed by atoms with Gasteiger partial charge in [0.2, 0.25) is 5.91 Å². The van der Waals surface area contributed by atoms with Crippen molar-refractivity contribution < 1.29 is 14.3 Å². The van der Waals surface area contributed by atoms with Gasteiger partial charge in [-0.1, -0.05) is 23.7 Å². The molecule has 0 aliphatic carbocycles. The molecule has 3 unspecified atom stereocenters. The molecule has 1 aromatic carbocycles. The summed E-state index contributed by atoms with van der Waals surface area (Å²) < 4.78 is 5.07. The summed E-state index contributed by atoms with van der Waals surface area (Å²) >= 11 is 5.97. The molecule has 2 saturated heterocycles. The van der Waals surface area contributed by atoms with Crippen molar-refractivity contribution in [3.05, 3.63) is 34.9 Å². The Morgan fingerprint density at radius 3 is 2.75 bits per heavy atom. The number of rotatable bonds is 5. The zero-order valence-electron chi connectivity index (χ0n) is 13.6. The lowest BCUT2D eigenvalue weighted by Crippen LogP contribution is -2.68. The van der Waals surface area contributed by atoms with E-state index in [9.17, 15) is 9.59 Å². The van der Waals surface area contributed by atoms with E-state index in [0.717, 1.165) is 24.9 Å². The molecule has 0 saturated carbocycles. The zero-order chi connectivity index (χ0) is 17.1. The molecule has 1 aromatic rings. The van der Waals surface area contributed by atoms with Gasteiger partial charge in [0, 0.05) is 31.2 Å². The predicted molar refractivity (Wildman–Crippen MR) is 90.8 cm³/mol. The van der Waals surface area contributed by atoms with E-state index in [1.54, 1.807) is 12.0 Å². The average molecular weight is 352 g/mol. The predicted octanol–water partition coefficient (Wildman–Crippen LogP) is 1.95. The van der Waals surface area contributed by atoms with Crippen molar-refractivity contribution in [2.45, 2.75) is 24.9 Å². The lowest BCUT2D eigenvalue weighted by Gasteiger charge is -2.46. The van der Waals surface area contributed by atoms with Gasteiger partial charge in [0.25, 0.3) is 0 Å². The molecule has 2 fully saturated rings. The van der Waals surface area contributed by atoms with Gasteiger partial charge in [-0.15, -0.1) is 0 Å². The van der Waals surface area contributed by atoms with Crippen LogP contribution in [0.25, 0.3) is 0 Å². The first-order valence-corrected chi connectivity index (χ1v) is 8.59. The first kappa shape index (κ1) is 17.2. The molecule has 2 N–H and O–H groups in total. The Bertz CT molecular complexity index is 608. The van der Waals surface area contributed by atoms with Crippen LogP contribution in [0.3, 0.4) is 0 Å². The molecular weight excluding hydrogens is 330 g/mol. The van der Waals surface area contributed by atoms with Gasteiger partial charge in [-0.2, -0.15) is 0 Å². The van der Waals surface area contributed by atoms with Gasteiger partial charge in [0.15, 0.2) is 0 Å². The molecule has 2 aliphatic rings. The fourth-order valence-corrected chi connectivity index (χ4v) is 3.76. The van der Waals surface area contributed by atoms with Crippen molar-refractivity contribution in [1.82, 2.24) is 15.5 Å². The smallest absolute Gasteiger partial charge is 0.325 e. The second-order valence-corrected chi connectivity index (χ2v) is 6.64. The highest BCUT2D eigenvalue weighted by atomic mass is 35.5. The summed E-state index contributed by atoms with van der Waals surface area (Å²) in [5, 5.41) is 6.53. The summed E-state index contributed by atoms with van der Waals surface area (Å²) in [4.78, 5) is 26.5. The minimum absolute atomic E-state index is 0.0616. The second kappa shape index (κ2) is 7.51. The third-order valence-electron chi connectivity index (χ3n) is 4.76. The first-order chi connectivity index (χ1) is 11.6. The zero-order valence-corrected chi connectivity index (χ0v) is 14.4. The van der Waals surface area contributed by atoms with E-state index >= 15 is 0 Å². The molecule has 2 aliphatic heterocycles. The Labute approximate surface area is 146 Å². The van der Waals surface area contributed by atoms with Gasteiger partial charge in [0.1, 0.15) is 0 Å². The monoisotopic (exact) mass is 351 g/mol. The van der Waals surface area contributed by atoms with Crippen LogP contribution in [0.2, 0.25) is 5.02 Å². The van der Waals surface area contributed by atoms with Crippen LogP contribution in [0.15, 0.2) is 24.3 Å². The van der Waals surface area contributed by atoms with Gasteiger partial charge in [-0.25, -0.2) is 4.79 Å². The molecule has 6 nitrogen and oxygen atoms in total. The number of fused-ring (bicyclic) bond motifs is 1. The summed E-state index contributed by atoms with van der Waals surface area (Å²) in [6, 6.07) is 7.29. The van der Waals surface area contributed by atoms with Gasteiger partial charge in [-0.3, -0.25) is 15.4 Å². The Kier molecular flexibility index (Phi) is 5.38. The summed E-state index contributed by atoms with van der Waals surface area (Å²) in [6.07, 6.45) is 1.29. The molecule has 0 bridgehead atoms. The van der Waals surface area contributed by atoms with Crippen LogP contribution in [-0.4, -0.2) is 49.8 Å². The molecule has 3 rings (SSSR count). The maximum Gasteiger partial charge on any atom is 0.325 e. The average Bonchev–Trinajstić information content (AvgIpc) is 2.58. The Morgan fingerprint density at radius 1 is 1.29 bits per heavy atom. The topological polar surface area (TPSA) is 70.7 Å². The van der Waals surface area contributed by atoms with Crippen LogP contribution in [-0.2, 0) is 9.53 Å². The van der Waals surface area contributed by atoms with Crippen LogP contribution in [0.4, 0.5) is 4.79 Å². The SMILES string of the molecule is COCCCN1C(=O)NC(=O)C2C(c3ccc(Cl)cc3)CCNC21. The number of piperidine rings is 1. The Hall–Kier alpha value is -1.63. The highest BCUT2D eigenvalue weighted by molar-refractivity contribution is 6.30. The van der Waals surface area contributed by atoms with Gasteiger partial charge in [-0.05, 0) is 37.1 Å². The number of imide groups is 1. The molecule has 2 heterocycles. The highest BCUT2D eigenvalue weighted by Gasteiger charge is 2.47. The number of hydrogen-bond acceptors (Lipinski definition) is 4. The molecule has 3 atom stereocenters. The van der Waals surface area contributed by atoms with E-state index in [0.29, 0.717) is 18.2 Å². The number of ether oxygens (including phenoxy) is 1. The fraction of sp³-hybridized carbons (Fsp3) is 0.529. The van der Waals surface area contributed by atoms with Crippen LogP contribution >= 0.6 is 11.6 Å². The van der Waals surface area contributed by atoms with Crippen LogP contribution < -0.4 is 10.6 Å². The van der Waals surface area contributed by atoms with Crippen molar-refractivity contribution in [3.63, 3.8) is 0 Å². The molecular formula is C17H22ClN3O3. The quantitative estimate of drug-likeness (QED) is 0.795. The lowest BCUT2D eigenvalue weighted by atomic mass is 9.77. The van der Waals surface area contributed by atoms with E-state index in [-0.39, 0.29) is 29.9 Å². The van der Waals surface area contributed by atoms with Crippen LogP contribution in [0, 0.1) is 5.92 Å².